The van der Waals surface area contributed by atoms with Gasteiger partial charge in [-0.25, -0.2) is 4.39 Å². The van der Waals surface area contributed by atoms with E-state index >= 15 is 0 Å². The highest BCUT2D eigenvalue weighted by atomic mass is 19.1. The third-order valence-corrected chi connectivity index (χ3v) is 3.02. The predicted molar refractivity (Wildman–Crippen MR) is 79.2 cm³/mol. The van der Waals surface area contributed by atoms with E-state index in [0.29, 0.717) is 17.7 Å². The standard InChI is InChI=1S/C16H16FN3/c1-20(2)15-5-3-4-14(9-15)19-11-13-8-12(10-18)6-7-16(13)17/h3-9,19H,11H2,1-2H3. The van der Waals surface area contributed by atoms with Gasteiger partial charge >= 0.3 is 0 Å². The lowest BCUT2D eigenvalue weighted by atomic mass is 10.1. The molecule has 0 radical (unpaired) electrons. The summed E-state index contributed by atoms with van der Waals surface area (Å²) in [6, 6.07) is 14.3. The molecule has 2 aromatic carbocycles. The van der Waals surface area contributed by atoms with E-state index in [4.69, 9.17) is 5.26 Å². The molecule has 102 valence electrons. The van der Waals surface area contributed by atoms with Crippen LogP contribution in [0, 0.1) is 17.1 Å². The van der Waals surface area contributed by atoms with Gasteiger partial charge in [0.05, 0.1) is 11.6 Å². The van der Waals surface area contributed by atoms with Crippen LogP contribution in [0.25, 0.3) is 0 Å². The first-order chi connectivity index (χ1) is 9.60. The van der Waals surface area contributed by atoms with E-state index in [1.54, 1.807) is 6.07 Å². The van der Waals surface area contributed by atoms with Gasteiger partial charge in [-0.2, -0.15) is 5.26 Å². The molecule has 0 amide bonds. The Morgan fingerprint density at radius 2 is 2.00 bits per heavy atom. The third kappa shape index (κ3) is 3.27. The molecular formula is C16H16FN3. The zero-order chi connectivity index (χ0) is 14.5. The first-order valence-corrected chi connectivity index (χ1v) is 6.30. The Morgan fingerprint density at radius 3 is 2.70 bits per heavy atom. The Kier molecular flexibility index (Phi) is 4.21. The molecular weight excluding hydrogens is 253 g/mol. The van der Waals surface area contributed by atoms with Gasteiger partial charge in [-0.15, -0.1) is 0 Å². The SMILES string of the molecule is CN(C)c1cccc(NCc2cc(C#N)ccc2F)c1. The second kappa shape index (κ2) is 6.07. The summed E-state index contributed by atoms with van der Waals surface area (Å²) in [4.78, 5) is 2.00. The maximum Gasteiger partial charge on any atom is 0.128 e. The van der Waals surface area contributed by atoms with Crippen molar-refractivity contribution in [1.82, 2.24) is 0 Å². The van der Waals surface area contributed by atoms with Crippen LogP contribution >= 0.6 is 0 Å². The Bertz CT molecular complexity index is 644. The lowest BCUT2D eigenvalue weighted by molar-refractivity contribution is 0.612. The van der Waals surface area contributed by atoms with Gasteiger partial charge in [-0.3, -0.25) is 0 Å². The van der Waals surface area contributed by atoms with Gasteiger partial charge < -0.3 is 10.2 Å². The largest absolute Gasteiger partial charge is 0.381 e. The van der Waals surface area contributed by atoms with Crippen LogP contribution in [0.5, 0.6) is 0 Å². The number of rotatable bonds is 4. The van der Waals surface area contributed by atoms with Gasteiger partial charge in [0.15, 0.2) is 0 Å². The average molecular weight is 269 g/mol. The molecule has 4 heteroatoms. The summed E-state index contributed by atoms with van der Waals surface area (Å²) in [5, 5.41) is 12.0. The maximum absolute atomic E-state index is 13.7. The van der Waals surface area contributed by atoms with Crippen molar-refractivity contribution in [3.63, 3.8) is 0 Å². The second-order valence-electron chi connectivity index (χ2n) is 4.72. The van der Waals surface area contributed by atoms with Crippen LogP contribution < -0.4 is 10.2 Å². The Balaban J connectivity index is 2.13. The van der Waals surface area contributed by atoms with Crippen molar-refractivity contribution in [2.45, 2.75) is 6.54 Å². The summed E-state index contributed by atoms with van der Waals surface area (Å²) in [6.45, 7) is 0.345. The molecule has 0 fully saturated rings. The van der Waals surface area contributed by atoms with E-state index < -0.39 is 0 Å². The van der Waals surface area contributed by atoms with Crippen molar-refractivity contribution in [2.24, 2.45) is 0 Å². The van der Waals surface area contributed by atoms with E-state index in [-0.39, 0.29) is 5.82 Å². The van der Waals surface area contributed by atoms with Crippen LogP contribution in [0.15, 0.2) is 42.5 Å². The van der Waals surface area contributed by atoms with E-state index in [1.807, 2.05) is 49.3 Å². The highest BCUT2D eigenvalue weighted by Gasteiger charge is 2.04. The summed E-state index contributed by atoms with van der Waals surface area (Å²) in [7, 11) is 3.93. The van der Waals surface area contributed by atoms with Crippen molar-refractivity contribution < 1.29 is 4.39 Å². The molecule has 0 bridgehead atoms. The molecule has 0 heterocycles. The van der Waals surface area contributed by atoms with Crippen LogP contribution in [-0.4, -0.2) is 14.1 Å². The minimum atomic E-state index is -0.305. The quantitative estimate of drug-likeness (QED) is 0.924. The maximum atomic E-state index is 13.7. The van der Waals surface area contributed by atoms with Crippen LogP contribution in [0.4, 0.5) is 15.8 Å². The number of anilines is 2. The van der Waals surface area contributed by atoms with Crippen LogP contribution in [-0.2, 0) is 6.54 Å². The zero-order valence-electron chi connectivity index (χ0n) is 11.5. The van der Waals surface area contributed by atoms with Crippen LogP contribution in [0.3, 0.4) is 0 Å². The molecule has 0 atom stereocenters. The van der Waals surface area contributed by atoms with Gasteiger partial charge in [0, 0.05) is 37.6 Å². The molecule has 2 rings (SSSR count). The number of hydrogen-bond acceptors (Lipinski definition) is 3. The topological polar surface area (TPSA) is 39.1 Å². The van der Waals surface area contributed by atoms with Gasteiger partial charge in [0.2, 0.25) is 0 Å². The van der Waals surface area contributed by atoms with Crippen molar-refractivity contribution in [3.05, 3.63) is 59.4 Å². The minimum absolute atomic E-state index is 0.305. The average Bonchev–Trinajstić information content (AvgIpc) is 2.46. The first kappa shape index (κ1) is 13.9. The van der Waals surface area contributed by atoms with Crippen molar-refractivity contribution in [3.8, 4) is 6.07 Å². The number of nitrogens with zero attached hydrogens (tertiary/aromatic N) is 2. The molecule has 0 aromatic heterocycles. The number of halogens is 1. The smallest absolute Gasteiger partial charge is 0.128 e. The highest BCUT2D eigenvalue weighted by molar-refractivity contribution is 5.57. The molecule has 3 nitrogen and oxygen atoms in total. The molecule has 0 saturated heterocycles. The number of nitriles is 1. The van der Waals surface area contributed by atoms with E-state index in [2.05, 4.69) is 5.32 Å². The molecule has 2 aromatic rings. The third-order valence-electron chi connectivity index (χ3n) is 3.02. The van der Waals surface area contributed by atoms with Gasteiger partial charge in [0.25, 0.3) is 0 Å². The fourth-order valence-corrected chi connectivity index (χ4v) is 1.87. The Labute approximate surface area is 118 Å². The Morgan fingerprint density at radius 1 is 1.20 bits per heavy atom. The molecule has 0 spiro atoms. The predicted octanol–water partition coefficient (Wildman–Crippen LogP) is 3.38. The van der Waals surface area contributed by atoms with Crippen molar-refractivity contribution in [2.75, 3.05) is 24.3 Å². The number of benzene rings is 2. The zero-order valence-corrected chi connectivity index (χ0v) is 11.5. The number of nitrogens with one attached hydrogen (secondary N) is 1. The fourth-order valence-electron chi connectivity index (χ4n) is 1.87. The summed E-state index contributed by atoms with van der Waals surface area (Å²) in [5.41, 5.74) is 2.93. The minimum Gasteiger partial charge on any atom is -0.381 e. The van der Waals surface area contributed by atoms with Gasteiger partial charge in [-0.1, -0.05) is 6.07 Å². The van der Waals surface area contributed by atoms with Crippen molar-refractivity contribution >= 4 is 11.4 Å². The van der Waals surface area contributed by atoms with E-state index in [9.17, 15) is 4.39 Å². The molecule has 0 aliphatic carbocycles. The normalized spacial score (nSPS) is 9.90. The lowest BCUT2D eigenvalue weighted by Gasteiger charge is -2.14. The highest BCUT2D eigenvalue weighted by Crippen LogP contribution is 2.19. The lowest BCUT2D eigenvalue weighted by Crippen LogP contribution is -2.09. The summed E-state index contributed by atoms with van der Waals surface area (Å²) < 4.78 is 13.7. The van der Waals surface area contributed by atoms with Crippen LogP contribution in [0.1, 0.15) is 11.1 Å². The Hall–Kier alpha value is -2.54. The van der Waals surface area contributed by atoms with Gasteiger partial charge in [-0.05, 0) is 36.4 Å². The molecule has 1 N–H and O–H groups in total. The molecule has 0 unspecified atom stereocenters. The van der Waals surface area contributed by atoms with Gasteiger partial charge in [0.1, 0.15) is 5.82 Å². The molecule has 0 saturated carbocycles. The molecule has 0 aliphatic heterocycles. The van der Waals surface area contributed by atoms with E-state index in [1.165, 1.54) is 12.1 Å². The summed E-state index contributed by atoms with van der Waals surface area (Å²) in [5.74, 6) is -0.305. The van der Waals surface area contributed by atoms with Crippen molar-refractivity contribution in [1.29, 1.82) is 5.26 Å². The van der Waals surface area contributed by atoms with E-state index in [0.717, 1.165) is 11.4 Å². The molecule has 20 heavy (non-hydrogen) atoms. The summed E-state index contributed by atoms with van der Waals surface area (Å²) in [6.07, 6.45) is 0. The summed E-state index contributed by atoms with van der Waals surface area (Å²) >= 11 is 0. The fraction of sp³-hybridized carbons (Fsp3) is 0.188. The monoisotopic (exact) mass is 269 g/mol. The molecule has 0 aliphatic rings. The first-order valence-electron chi connectivity index (χ1n) is 6.30. The second-order valence-corrected chi connectivity index (χ2v) is 4.72. The number of hydrogen-bond donors (Lipinski definition) is 1. The van der Waals surface area contributed by atoms with Crippen LogP contribution in [0.2, 0.25) is 0 Å².